The molecule has 5 nitrogen and oxygen atoms in total. The van der Waals surface area contributed by atoms with Crippen molar-refractivity contribution in [2.75, 3.05) is 19.7 Å². The second-order valence-electron chi connectivity index (χ2n) is 4.12. The number of nitrogens with one attached hydrogen (secondary N) is 1. The topological polar surface area (TPSA) is 60.2 Å². The first kappa shape index (κ1) is 13.1. The highest BCUT2D eigenvalue weighted by atomic mass is 79.9. The van der Waals surface area contributed by atoms with Gasteiger partial charge in [-0.3, -0.25) is 0 Å². The molecule has 1 atom stereocenters. The Balaban J connectivity index is 1.90. The summed E-state index contributed by atoms with van der Waals surface area (Å²) in [4.78, 5) is 4.36. The molecule has 1 aliphatic heterocycles. The highest BCUT2D eigenvalue weighted by molar-refractivity contribution is 9.10. The molecule has 1 saturated heterocycles. The Morgan fingerprint density at radius 3 is 3.11 bits per heavy atom. The molecule has 0 radical (unpaired) electrons. The molecule has 0 amide bonds. The summed E-state index contributed by atoms with van der Waals surface area (Å²) in [7, 11) is 0. The van der Waals surface area contributed by atoms with Crippen LogP contribution in [0.15, 0.2) is 27.2 Å². The van der Waals surface area contributed by atoms with Crippen LogP contribution in [0.2, 0.25) is 5.02 Å². The summed E-state index contributed by atoms with van der Waals surface area (Å²) in [5.74, 6) is 0.939. The van der Waals surface area contributed by atoms with E-state index >= 15 is 0 Å². The molecule has 100 valence electrons. The molecule has 2 aromatic rings. The van der Waals surface area contributed by atoms with Crippen molar-refractivity contribution in [2.45, 2.75) is 6.10 Å². The van der Waals surface area contributed by atoms with Crippen LogP contribution in [0, 0.1) is 0 Å². The van der Waals surface area contributed by atoms with Gasteiger partial charge in [0.05, 0.1) is 17.2 Å². The summed E-state index contributed by atoms with van der Waals surface area (Å²) in [6.07, 6.45) is -0.169. The molecule has 1 fully saturated rings. The zero-order chi connectivity index (χ0) is 13.2. The highest BCUT2D eigenvalue weighted by Crippen LogP contribution is 2.33. The first-order valence-electron chi connectivity index (χ1n) is 5.86. The van der Waals surface area contributed by atoms with Gasteiger partial charge in [-0.2, -0.15) is 4.98 Å². The average Bonchev–Trinajstić information content (AvgIpc) is 2.92. The van der Waals surface area contributed by atoms with Gasteiger partial charge in [-0.25, -0.2) is 0 Å². The number of rotatable bonds is 2. The minimum atomic E-state index is -0.169. The molecule has 3 rings (SSSR count). The molecule has 0 saturated carbocycles. The maximum Gasteiger partial charge on any atom is 0.259 e. The van der Waals surface area contributed by atoms with Gasteiger partial charge < -0.3 is 14.6 Å². The van der Waals surface area contributed by atoms with E-state index in [1.165, 1.54) is 0 Å². The zero-order valence-electron chi connectivity index (χ0n) is 9.90. The van der Waals surface area contributed by atoms with Crippen molar-refractivity contribution in [1.82, 2.24) is 15.5 Å². The summed E-state index contributed by atoms with van der Waals surface area (Å²) >= 11 is 9.57. The van der Waals surface area contributed by atoms with Crippen LogP contribution < -0.4 is 5.32 Å². The summed E-state index contributed by atoms with van der Waals surface area (Å²) in [6.45, 7) is 2.18. The van der Waals surface area contributed by atoms with Crippen LogP contribution in [0.4, 0.5) is 0 Å². The minimum absolute atomic E-state index is 0.169. The Bertz CT molecular complexity index is 584. The van der Waals surface area contributed by atoms with Crippen molar-refractivity contribution in [2.24, 2.45) is 0 Å². The third-order valence-corrected chi connectivity index (χ3v) is 4.14. The largest absolute Gasteiger partial charge is 0.367 e. The van der Waals surface area contributed by atoms with Crippen molar-refractivity contribution in [1.29, 1.82) is 0 Å². The van der Waals surface area contributed by atoms with Crippen LogP contribution in [-0.4, -0.2) is 29.8 Å². The lowest BCUT2D eigenvalue weighted by Gasteiger charge is -2.20. The average molecular weight is 345 g/mol. The monoisotopic (exact) mass is 343 g/mol. The van der Waals surface area contributed by atoms with E-state index in [-0.39, 0.29) is 6.10 Å². The fraction of sp³-hybridized carbons (Fsp3) is 0.333. The van der Waals surface area contributed by atoms with E-state index in [1.54, 1.807) is 0 Å². The van der Waals surface area contributed by atoms with E-state index in [1.807, 2.05) is 18.2 Å². The van der Waals surface area contributed by atoms with E-state index in [0.29, 0.717) is 35.5 Å². The predicted octanol–water partition coefficient (Wildman–Crippen LogP) is 2.81. The first-order chi connectivity index (χ1) is 9.25. The molecule has 0 aliphatic carbocycles. The molecular formula is C12H11BrClN3O2. The molecule has 1 unspecified atom stereocenters. The zero-order valence-corrected chi connectivity index (χ0v) is 12.2. The molecule has 1 aliphatic rings. The molecule has 1 aromatic carbocycles. The quantitative estimate of drug-likeness (QED) is 0.908. The van der Waals surface area contributed by atoms with Crippen LogP contribution >= 0.6 is 27.5 Å². The lowest BCUT2D eigenvalue weighted by atomic mass is 10.2. The molecule has 2 heterocycles. The smallest absolute Gasteiger partial charge is 0.259 e. The van der Waals surface area contributed by atoms with Gasteiger partial charge in [0.15, 0.2) is 0 Å². The van der Waals surface area contributed by atoms with Crippen molar-refractivity contribution in [3.8, 4) is 11.5 Å². The van der Waals surface area contributed by atoms with Crippen LogP contribution in [0.5, 0.6) is 0 Å². The molecule has 19 heavy (non-hydrogen) atoms. The Hall–Kier alpha value is -0.950. The Kier molecular flexibility index (Phi) is 3.83. The number of morpholine rings is 1. The summed E-state index contributed by atoms with van der Waals surface area (Å²) in [5.41, 5.74) is 0.707. The Morgan fingerprint density at radius 1 is 1.42 bits per heavy atom. The van der Waals surface area contributed by atoms with E-state index in [9.17, 15) is 0 Å². The number of hydrogen-bond acceptors (Lipinski definition) is 5. The van der Waals surface area contributed by atoms with Crippen LogP contribution in [0.3, 0.4) is 0 Å². The van der Waals surface area contributed by atoms with Gasteiger partial charge in [0, 0.05) is 17.6 Å². The third kappa shape index (κ3) is 2.67. The lowest BCUT2D eigenvalue weighted by molar-refractivity contribution is 0.0208. The number of benzene rings is 1. The summed E-state index contributed by atoms with van der Waals surface area (Å²) in [6, 6.07) is 5.56. The van der Waals surface area contributed by atoms with E-state index in [2.05, 4.69) is 31.4 Å². The van der Waals surface area contributed by atoms with Crippen molar-refractivity contribution in [3.05, 3.63) is 33.5 Å². The van der Waals surface area contributed by atoms with Gasteiger partial charge in [0.1, 0.15) is 6.10 Å². The Labute approximate surface area is 123 Å². The van der Waals surface area contributed by atoms with Gasteiger partial charge >= 0.3 is 0 Å². The fourth-order valence-electron chi connectivity index (χ4n) is 1.88. The second-order valence-corrected chi connectivity index (χ2v) is 5.35. The number of nitrogens with zero attached hydrogens (tertiary/aromatic N) is 2. The van der Waals surface area contributed by atoms with Gasteiger partial charge in [-0.15, -0.1) is 0 Å². The second kappa shape index (κ2) is 5.58. The first-order valence-corrected chi connectivity index (χ1v) is 7.03. The highest BCUT2D eigenvalue weighted by Gasteiger charge is 2.22. The maximum absolute atomic E-state index is 6.20. The number of aromatic nitrogens is 2. The number of halogens is 2. The standard InChI is InChI=1S/C12H11BrClN3O2/c13-8-3-1-2-7(10(8)14)12-16-11(17-19-12)9-6-15-4-5-18-9/h1-3,9,15H,4-6H2. The van der Waals surface area contributed by atoms with Crippen LogP contribution in [0.1, 0.15) is 11.9 Å². The Morgan fingerprint density at radius 2 is 2.32 bits per heavy atom. The normalized spacial score (nSPS) is 19.6. The third-order valence-electron chi connectivity index (χ3n) is 2.84. The fourth-order valence-corrected chi connectivity index (χ4v) is 2.45. The predicted molar refractivity (Wildman–Crippen MR) is 74.0 cm³/mol. The summed E-state index contributed by atoms with van der Waals surface area (Å²) < 4.78 is 11.6. The van der Waals surface area contributed by atoms with E-state index in [4.69, 9.17) is 20.9 Å². The van der Waals surface area contributed by atoms with Crippen LogP contribution in [0.25, 0.3) is 11.5 Å². The summed E-state index contributed by atoms with van der Waals surface area (Å²) in [5, 5.41) is 7.74. The number of ether oxygens (including phenoxy) is 1. The van der Waals surface area contributed by atoms with Crippen molar-refractivity contribution < 1.29 is 9.26 Å². The van der Waals surface area contributed by atoms with Crippen molar-refractivity contribution >= 4 is 27.5 Å². The SMILES string of the molecule is Clc1c(Br)cccc1-c1nc(C2CNCCO2)no1. The van der Waals surface area contributed by atoms with E-state index < -0.39 is 0 Å². The van der Waals surface area contributed by atoms with Crippen LogP contribution in [-0.2, 0) is 4.74 Å². The minimum Gasteiger partial charge on any atom is -0.367 e. The van der Waals surface area contributed by atoms with Gasteiger partial charge in [0.25, 0.3) is 5.89 Å². The molecule has 1 N–H and O–H groups in total. The van der Waals surface area contributed by atoms with Gasteiger partial charge in [-0.05, 0) is 28.1 Å². The lowest BCUT2D eigenvalue weighted by Crippen LogP contribution is -2.33. The van der Waals surface area contributed by atoms with Gasteiger partial charge in [-0.1, -0.05) is 22.8 Å². The molecule has 0 bridgehead atoms. The molecule has 1 aromatic heterocycles. The number of hydrogen-bond donors (Lipinski definition) is 1. The molecule has 0 spiro atoms. The van der Waals surface area contributed by atoms with E-state index in [0.717, 1.165) is 11.0 Å². The maximum atomic E-state index is 6.20. The van der Waals surface area contributed by atoms with Gasteiger partial charge in [0.2, 0.25) is 5.82 Å². The van der Waals surface area contributed by atoms with Crippen molar-refractivity contribution in [3.63, 3.8) is 0 Å². The molecule has 7 heteroatoms. The molecular weight excluding hydrogens is 334 g/mol.